The fourth-order valence-electron chi connectivity index (χ4n) is 4.19. The fraction of sp³-hybridized carbons (Fsp3) is 0.310. The smallest absolute Gasteiger partial charge is 0.264 e. The van der Waals surface area contributed by atoms with Gasteiger partial charge in [0.25, 0.3) is 10.0 Å². The number of benzene rings is 3. The lowest BCUT2D eigenvalue weighted by molar-refractivity contribution is -0.140. The third kappa shape index (κ3) is 7.47. The molecule has 0 aromatic heterocycles. The zero-order valence-electron chi connectivity index (χ0n) is 22.6. The first-order chi connectivity index (χ1) is 19.1. The highest BCUT2D eigenvalue weighted by Gasteiger charge is 2.35. The second-order valence-electron chi connectivity index (χ2n) is 8.97. The molecule has 0 aliphatic rings. The Balaban J connectivity index is 2.12. The Hall–Kier alpha value is -3.27. The molecule has 1 atom stereocenters. The van der Waals surface area contributed by atoms with Gasteiger partial charge in [-0.05, 0) is 54.8 Å². The van der Waals surface area contributed by atoms with Gasteiger partial charge in [0.15, 0.2) is 0 Å². The predicted octanol–water partition coefficient (Wildman–Crippen LogP) is 5.53. The Kier molecular flexibility index (Phi) is 11.2. The van der Waals surface area contributed by atoms with Crippen molar-refractivity contribution in [2.75, 3.05) is 24.5 Å². The molecule has 0 fully saturated rings. The number of rotatable bonds is 13. The Morgan fingerprint density at radius 3 is 2.27 bits per heavy atom. The van der Waals surface area contributed by atoms with Crippen LogP contribution in [0.15, 0.2) is 77.7 Å². The molecule has 0 aliphatic heterocycles. The number of hydrogen-bond acceptors (Lipinski definition) is 5. The Labute approximate surface area is 245 Å². The highest BCUT2D eigenvalue weighted by atomic mass is 35.5. The second-order valence-corrected chi connectivity index (χ2v) is 11.7. The lowest BCUT2D eigenvalue weighted by Gasteiger charge is -2.33. The molecule has 2 amide bonds. The van der Waals surface area contributed by atoms with Crippen molar-refractivity contribution in [3.63, 3.8) is 0 Å². The summed E-state index contributed by atoms with van der Waals surface area (Å²) in [6, 6.07) is 18.4. The van der Waals surface area contributed by atoms with Gasteiger partial charge in [-0.15, -0.1) is 0 Å². The Bertz CT molecular complexity index is 1420. The van der Waals surface area contributed by atoms with Gasteiger partial charge < -0.3 is 15.0 Å². The lowest BCUT2D eigenvalue weighted by Crippen LogP contribution is -2.52. The highest BCUT2D eigenvalue weighted by Crippen LogP contribution is 2.35. The number of sulfonamides is 1. The van der Waals surface area contributed by atoms with Gasteiger partial charge in [0.1, 0.15) is 18.3 Å². The van der Waals surface area contributed by atoms with E-state index < -0.39 is 28.5 Å². The third-order valence-electron chi connectivity index (χ3n) is 6.25. The van der Waals surface area contributed by atoms with Crippen LogP contribution in [0.2, 0.25) is 10.0 Å². The highest BCUT2D eigenvalue weighted by molar-refractivity contribution is 7.92. The SMILES string of the molecule is CCCNC(=O)C(CC)N(Cc1ccccc1Cl)C(=O)CN(c1cc(Cl)ccc1OC)S(=O)(=O)c1ccccc1. The minimum Gasteiger partial charge on any atom is -0.495 e. The van der Waals surface area contributed by atoms with Crippen molar-refractivity contribution >= 4 is 50.7 Å². The van der Waals surface area contributed by atoms with E-state index in [0.29, 0.717) is 23.6 Å². The van der Waals surface area contributed by atoms with Crippen LogP contribution in [-0.4, -0.2) is 51.4 Å². The molecule has 11 heteroatoms. The van der Waals surface area contributed by atoms with E-state index in [9.17, 15) is 18.0 Å². The quantitative estimate of drug-likeness (QED) is 0.276. The molecule has 0 saturated carbocycles. The fourth-order valence-corrected chi connectivity index (χ4v) is 5.99. The van der Waals surface area contributed by atoms with Crippen LogP contribution in [-0.2, 0) is 26.2 Å². The van der Waals surface area contributed by atoms with Gasteiger partial charge in [-0.25, -0.2) is 8.42 Å². The number of anilines is 1. The summed E-state index contributed by atoms with van der Waals surface area (Å²) in [5.74, 6) is -0.718. The molecule has 0 bridgehead atoms. The van der Waals surface area contributed by atoms with E-state index in [0.717, 1.165) is 10.7 Å². The first-order valence-corrected chi connectivity index (χ1v) is 15.1. The van der Waals surface area contributed by atoms with E-state index in [1.54, 1.807) is 55.5 Å². The van der Waals surface area contributed by atoms with Crippen molar-refractivity contribution in [1.29, 1.82) is 0 Å². The van der Waals surface area contributed by atoms with Crippen LogP contribution in [0.5, 0.6) is 5.75 Å². The molecule has 3 aromatic rings. The van der Waals surface area contributed by atoms with Crippen LogP contribution in [0.4, 0.5) is 5.69 Å². The third-order valence-corrected chi connectivity index (χ3v) is 8.63. The topological polar surface area (TPSA) is 96.0 Å². The van der Waals surface area contributed by atoms with E-state index in [-0.39, 0.29) is 33.8 Å². The van der Waals surface area contributed by atoms with Crippen LogP contribution < -0.4 is 14.4 Å². The number of carbonyl (C=O) groups excluding carboxylic acids is 2. The standard InChI is InChI=1S/C29H33Cl2N3O5S/c1-4-17-32-29(36)25(5-2)33(19-21-11-9-10-14-24(21)31)28(35)20-34(26-18-22(30)15-16-27(26)39-3)40(37,38)23-12-7-6-8-13-23/h6-16,18,25H,4-5,17,19-20H2,1-3H3,(H,32,36). The molecule has 3 rings (SSSR count). The van der Waals surface area contributed by atoms with Gasteiger partial charge in [0, 0.05) is 23.1 Å². The molecule has 8 nitrogen and oxygen atoms in total. The average molecular weight is 607 g/mol. The molecule has 214 valence electrons. The summed E-state index contributed by atoms with van der Waals surface area (Å²) in [5.41, 5.74) is 0.713. The molecule has 0 heterocycles. The van der Waals surface area contributed by atoms with Crippen LogP contribution in [0.1, 0.15) is 32.3 Å². The summed E-state index contributed by atoms with van der Waals surface area (Å²) in [4.78, 5) is 28.6. The maximum Gasteiger partial charge on any atom is 0.264 e. The molecule has 0 saturated heterocycles. The number of ether oxygens (including phenoxy) is 1. The van der Waals surface area contributed by atoms with Crippen molar-refractivity contribution in [3.05, 3.63) is 88.4 Å². The molecular formula is C29H33Cl2N3O5S. The van der Waals surface area contributed by atoms with Crippen molar-refractivity contribution < 1.29 is 22.7 Å². The van der Waals surface area contributed by atoms with Crippen LogP contribution in [0.3, 0.4) is 0 Å². The van der Waals surface area contributed by atoms with Crippen LogP contribution >= 0.6 is 23.2 Å². The largest absolute Gasteiger partial charge is 0.495 e. The number of methoxy groups -OCH3 is 1. The van der Waals surface area contributed by atoms with Gasteiger partial charge in [-0.1, -0.05) is 73.4 Å². The number of carbonyl (C=O) groups is 2. The number of nitrogens with zero attached hydrogens (tertiary/aromatic N) is 2. The molecule has 40 heavy (non-hydrogen) atoms. The number of nitrogens with one attached hydrogen (secondary N) is 1. The molecule has 3 aromatic carbocycles. The zero-order chi connectivity index (χ0) is 29.3. The zero-order valence-corrected chi connectivity index (χ0v) is 25.0. The van der Waals surface area contributed by atoms with Crippen LogP contribution in [0.25, 0.3) is 0 Å². The van der Waals surface area contributed by atoms with Crippen molar-refractivity contribution in [3.8, 4) is 5.75 Å². The Morgan fingerprint density at radius 1 is 0.975 bits per heavy atom. The summed E-state index contributed by atoms with van der Waals surface area (Å²) in [6.07, 6.45) is 1.02. The second kappa shape index (κ2) is 14.4. The van der Waals surface area contributed by atoms with E-state index in [2.05, 4.69) is 5.32 Å². The van der Waals surface area contributed by atoms with Gasteiger partial charge in [-0.3, -0.25) is 13.9 Å². The normalized spacial score (nSPS) is 11.9. The molecule has 1 N–H and O–H groups in total. The number of amides is 2. The van der Waals surface area contributed by atoms with Crippen molar-refractivity contribution in [1.82, 2.24) is 10.2 Å². The summed E-state index contributed by atoms with van der Waals surface area (Å²) in [7, 11) is -2.86. The van der Waals surface area contributed by atoms with E-state index in [1.165, 1.54) is 36.3 Å². The number of hydrogen-bond donors (Lipinski definition) is 1. The van der Waals surface area contributed by atoms with E-state index in [4.69, 9.17) is 27.9 Å². The molecule has 0 radical (unpaired) electrons. The van der Waals surface area contributed by atoms with Gasteiger partial charge in [0.05, 0.1) is 17.7 Å². The van der Waals surface area contributed by atoms with Gasteiger partial charge in [0.2, 0.25) is 11.8 Å². The van der Waals surface area contributed by atoms with E-state index >= 15 is 0 Å². The van der Waals surface area contributed by atoms with E-state index in [1.807, 2.05) is 6.92 Å². The van der Waals surface area contributed by atoms with Gasteiger partial charge in [-0.2, -0.15) is 0 Å². The molecular weight excluding hydrogens is 573 g/mol. The summed E-state index contributed by atoms with van der Waals surface area (Å²) < 4.78 is 34.3. The minimum absolute atomic E-state index is 0.00244. The maximum atomic E-state index is 14.1. The summed E-state index contributed by atoms with van der Waals surface area (Å²) >= 11 is 12.7. The maximum absolute atomic E-state index is 14.1. The molecule has 0 aliphatic carbocycles. The first kappa shape index (κ1) is 31.3. The van der Waals surface area contributed by atoms with Crippen molar-refractivity contribution in [2.24, 2.45) is 0 Å². The number of halogens is 2. The molecule has 0 spiro atoms. The summed E-state index contributed by atoms with van der Waals surface area (Å²) in [5, 5.41) is 3.54. The Morgan fingerprint density at radius 2 is 1.65 bits per heavy atom. The lowest BCUT2D eigenvalue weighted by atomic mass is 10.1. The molecule has 1 unspecified atom stereocenters. The average Bonchev–Trinajstić information content (AvgIpc) is 2.95. The van der Waals surface area contributed by atoms with Gasteiger partial charge >= 0.3 is 0 Å². The monoisotopic (exact) mass is 605 g/mol. The predicted molar refractivity (Wildman–Crippen MR) is 158 cm³/mol. The minimum atomic E-state index is -4.26. The van der Waals surface area contributed by atoms with Crippen LogP contribution in [0, 0.1) is 0 Å². The first-order valence-electron chi connectivity index (χ1n) is 12.9. The summed E-state index contributed by atoms with van der Waals surface area (Å²) in [6.45, 7) is 3.55. The van der Waals surface area contributed by atoms with Crippen molar-refractivity contribution in [2.45, 2.75) is 44.2 Å².